The van der Waals surface area contributed by atoms with Crippen molar-refractivity contribution in [1.29, 1.82) is 0 Å². The third-order valence-electron chi connectivity index (χ3n) is 6.52. The molecule has 4 unspecified atom stereocenters. The van der Waals surface area contributed by atoms with Gasteiger partial charge in [-0.05, 0) is 42.2 Å². The van der Waals surface area contributed by atoms with E-state index in [1.165, 1.54) is 0 Å². The molecule has 0 fully saturated rings. The first-order valence-electron chi connectivity index (χ1n) is 12.3. The highest BCUT2D eigenvalue weighted by atomic mass is 35.5. The van der Waals surface area contributed by atoms with Crippen molar-refractivity contribution in [1.82, 2.24) is 15.1 Å². The van der Waals surface area contributed by atoms with Gasteiger partial charge in [-0.25, -0.2) is 4.68 Å². The number of rotatable bonds is 8. The summed E-state index contributed by atoms with van der Waals surface area (Å²) in [6.45, 7) is 4.10. The van der Waals surface area contributed by atoms with Crippen molar-refractivity contribution in [2.75, 3.05) is 12.4 Å². The predicted octanol–water partition coefficient (Wildman–Crippen LogP) is 8.04. The number of aromatic nitrogens is 2. The molecule has 1 aromatic heterocycles. The van der Waals surface area contributed by atoms with Crippen molar-refractivity contribution in [2.24, 2.45) is 0 Å². The fraction of sp³-hybridized carbons (Fsp3) is 0.444. The van der Waals surface area contributed by atoms with Crippen LogP contribution in [0.5, 0.6) is 0 Å². The van der Waals surface area contributed by atoms with Crippen molar-refractivity contribution in [3.05, 3.63) is 81.5 Å². The predicted molar refractivity (Wildman–Crippen MR) is 143 cm³/mol. The Morgan fingerprint density at radius 3 is 2.30 bits per heavy atom. The lowest BCUT2D eigenvalue weighted by Crippen LogP contribution is -2.36. The van der Waals surface area contributed by atoms with Gasteiger partial charge in [-0.15, -0.1) is 0 Å². The number of aliphatic hydroxyl groups is 1. The molecule has 2 heterocycles. The molecular formula is C27H33Cl2F3N4O. The first kappa shape index (κ1) is 29.3. The largest absolute Gasteiger partial charge is 0.410 e. The second kappa shape index (κ2) is 13.0. The van der Waals surface area contributed by atoms with Crippen molar-refractivity contribution in [2.45, 2.75) is 69.9 Å². The molecule has 0 amide bonds. The van der Waals surface area contributed by atoms with Crippen molar-refractivity contribution < 1.29 is 18.3 Å². The first-order chi connectivity index (χ1) is 17.7. The van der Waals surface area contributed by atoms with Crippen LogP contribution in [0.3, 0.4) is 0 Å². The minimum absolute atomic E-state index is 0.0661. The van der Waals surface area contributed by atoms with E-state index < -0.39 is 18.3 Å². The molecule has 4 atom stereocenters. The first-order valence-corrected chi connectivity index (χ1v) is 13.1. The van der Waals surface area contributed by atoms with E-state index in [-0.39, 0.29) is 18.5 Å². The maximum absolute atomic E-state index is 14.1. The third kappa shape index (κ3) is 6.99. The van der Waals surface area contributed by atoms with Crippen molar-refractivity contribution >= 4 is 29.0 Å². The molecule has 0 bridgehead atoms. The smallest absolute Gasteiger partial charge is 0.400 e. The molecule has 0 aliphatic carbocycles. The van der Waals surface area contributed by atoms with Gasteiger partial charge in [0, 0.05) is 41.2 Å². The molecule has 202 valence electrons. The summed E-state index contributed by atoms with van der Waals surface area (Å²) < 4.78 is 43.3. The molecule has 37 heavy (non-hydrogen) atoms. The Morgan fingerprint density at radius 1 is 1.08 bits per heavy atom. The summed E-state index contributed by atoms with van der Waals surface area (Å²) in [5.41, 5.74) is 2.49. The highest BCUT2D eigenvalue weighted by Gasteiger charge is 2.47. The van der Waals surface area contributed by atoms with E-state index in [0.717, 1.165) is 41.3 Å². The summed E-state index contributed by atoms with van der Waals surface area (Å²) in [6.07, 6.45) is -0.572. The number of aliphatic hydroxyl groups excluding tert-OH is 1. The number of nitrogens with one attached hydrogen (secondary N) is 2. The van der Waals surface area contributed by atoms with Gasteiger partial charge >= 0.3 is 6.18 Å². The number of benzene rings is 2. The monoisotopic (exact) mass is 556 g/mol. The van der Waals surface area contributed by atoms with Gasteiger partial charge in [-0.1, -0.05) is 73.8 Å². The molecule has 1 aliphatic heterocycles. The summed E-state index contributed by atoms with van der Waals surface area (Å²) in [5.74, 6) is 0.408. The van der Waals surface area contributed by atoms with Gasteiger partial charge in [0.05, 0.1) is 12.2 Å². The summed E-state index contributed by atoms with van der Waals surface area (Å²) in [7, 11) is 1.00. The zero-order valence-electron chi connectivity index (χ0n) is 21.1. The van der Waals surface area contributed by atoms with Crippen LogP contribution < -0.4 is 10.6 Å². The van der Waals surface area contributed by atoms with E-state index in [9.17, 15) is 13.2 Å². The standard InChI is InChI=1S/C26H29Cl2F3N4.CH4O/c1-3-8-22(17-11-18(27)13-19(28)12-17)33-21(4-2)20-15-32-35-24(26(29,30)31)14-23(34-25(20)35)16-9-6-5-7-10-16;1-2/h5-7,9-13,15,21-24,33-34H,3-4,8,14H2,1-2H3;2H,1H3. The van der Waals surface area contributed by atoms with E-state index in [4.69, 9.17) is 28.3 Å². The van der Waals surface area contributed by atoms with Gasteiger partial charge in [-0.2, -0.15) is 18.3 Å². The number of nitrogens with zero attached hydrogens (tertiary/aromatic N) is 2. The van der Waals surface area contributed by atoms with Gasteiger partial charge in [0.25, 0.3) is 0 Å². The lowest BCUT2D eigenvalue weighted by Gasteiger charge is -2.35. The quantitative estimate of drug-likeness (QED) is 0.262. The Morgan fingerprint density at radius 2 is 1.73 bits per heavy atom. The van der Waals surface area contributed by atoms with Crippen molar-refractivity contribution in [3.63, 3.8) is 0 Å². The van der Waals surface area contributed by atoms with E-state index in [1.807, 2.05) is 49.4 Å². The van der Waals surface area contributed by atoms with Crippen molar-refractivity contribution in [3.8, 4) is 0 Å². The Labute approximate surface area is 226 Å². The summed E-state index contributed by atoms with van der Waals surface area (Å²) in [4.78, 5) is 0. The Kier molecular flexibility index (Phi) is 10.3. The maximum atomic E-state index is 14.1. The minimum atomic E-state index is -4.41. The Bertz CT molecular complexity index is 1120. The molecule has 0 saturated heterocycles. The van der Waals surface area contributed by atoms with Crippen LogP contribution in [0.25, 0.3) is 0 Å². The Balaban J connectivity index is 0.00000186. The van der Waals surface area contributed by atoms with Gasteiger partial charge < -0.3 is 15.7 Å². The van der Waals surface area contributed by atoms with Gasteiger partial charge in [-0.3, -0.25) is 0 Å². The molecule has 0 saturated carbocycles. The van der Waals surface area contributed by atoms with E-state index in [0.29, 0.717) is 22.3 Å². The van der Waals surface area contributed by atoms with Gasteiger partial charge in [0.15, 0.2) is 6.04 Å². The zero-order chi connectivity index (χ0) is 27.2. The molecule has 5 nitrogen and oxygen atoms in total. The zero-order valence-corrected chi connectivity index (χ0v) is 22.6. The number of fused-ring (bicyclic) bond motifs is 1. The van der Waals surface area contributed by atoms with Crippen LogP contribution in [0.15, 0.2) is 54.7 Å². The van der Waals surface area contributed by atoms with Gasteiger partial charge in [0.2, 0.25) is 0 Å². The highest BCUT2D eigenvalue weighted by molar-refractivity contribution is 6.34. The van der Waals surface area contributed by atoms with Gasteiger partial charge in [0.1, 0.15) is 5.82 Å². The molecule has 0 spiro atoms. The highest BCUT2D eigenvalue weighted by Crippen LogP contribution is 2.45. The van der Waals surface area contributed by atoms with Crippen LogP contribution in [0.1, 0.15) is 80.4 Å². The van der Waals surface area contributed by atoms with Crippen LogP contribution in [0, 0.1) is 0 Å². The molecule has 0 radical (unpaired) electrons. The molecule has 3 N–H and O–H groups in total. The van der Waals surface area contributed by atoms with Crippen LogP contribution in [0.2, 0.25) is 10.0 Å². The fourth-order valence-corrected chi connectivity index (χ4v) is 5.37. The SMILES string of the molecule is CCCC(NC(CC)c1cnn2c1NC(c1ccccc1)CC2C(F)(F)F)c1cc(Cl)cc(Cl)c1.CO. The number of alkyl halides is 3. The summed E-state index contributed by atoms with van der Waals surface area (Å²) in [6, 6.07) is 12.2. The molecule has 2 aromatic carbocycles. The number of halogens is 5. The second-order valence-electron chi connectivity index (χ2n) is 8.97. The van der Waals surface area contributed by atoms with E-state index in [2.05, 4.69) is 22.7 Å². The van der Waals surface area contributed by atoms with Crippen LogP contribution in [-0.4, -0.2) is 28.2 Å². The third-order valence-corrected chi connectivity index (χ3v) is 6.96. The molecule has 3 aromatic rings. The molecule has 10 heteroatoms. The normalized spacial score (nSPS) is 18.7. The van der Waals surface area contributed by atoms with E-state index in [1.54, 1.807) is 12.3 Å². The number of hydrogen-bond acceptors (Lipinski definition) is 4. The molecule has 4 rings (SSSR count). The lowest BCUT2D eigenvalue weighted by molar-refractivity contribution is -0.173. The topological polar surface area (TPSA) is 62.1 Å². The Hall–Kier alpha value is -2.26. The molecule has 1 aliphatic rings. The fourth-order valence-electron chi connectivity index (χ4n) is 4.82. The van der Waals surface area contributed by atoms with Crippen LogP contribution in [-0.2, 0) is 0 Å². The average Bonchev–Trinajstić information content (AvgIpc) is 3.30. The summed E-state index contributed by atoms with van der Waals surface area (Å²) >= 11 is 12.5. The number of hydrogen-bond donors (Lipinski definition) is 3. The lowest BCUT2D eigenvalue weighted by atomic mass is 9.95. The average molecular weight is 557 g/mol. The van der Waals surface area contributed by atoms with E-state index >= 15 is 0 Å². The van der Waals surface area contributed by atoms with Crippen LogP contribution >= 0.6 is 23.2 Å². The molecular weight excluding hydrogens is 524 g/mol. The van der Waals surface area contributed by atoms with Crippen LogP contribution in [0.4, 0.5) is 19.0 Å². The summed E-state index contributed by atoms with van der Waals surface area (Å²) in [5, 5.41) is 19.3. The minimum Gasteiger partial charge on any atom is -0.400 e. The second-order valence-corrected chi connectivity index (χ2v) is 9.84. The number of anilines is 1. The maximum Gasteiger partial charge on any atom is 0.410 e.